The van der Waals surface area contributed by atoms with Crippen LogP contribution in [0, 0.1) is 0 Å². The van der Waals surface area contributed by atoms with Gasteiger partial charge in [0.05, 0.1) is 19.8 Å². The maximum absolute atomic E-state index is 11.6. The lowest BCUT2D eigenvalue weighted by Gasteiger charge is -2.21. The number of esters is 2. The second-order valence-corrected chi connectivity index (χ2v) is 8.04. The van der Waals surface area contributed by atoms with Gasteiger partial charge >= 0.3 is 11.9 Å². The molecule has 178 valence electrons. The topological polar surface area (TPSA) is 76.1 Å². The summed E-state index contributed by atoms with van der Waals surface area (Å²) in [5, 5.41) is 9.26. The average Bonchev–Trinajstić information content (AvgIpc) is 2.73. The molecular formula is C24H47NO5. The predicted octanol–water partition coefficient (Wildman–Crippen LogP) is 4.87. The highest BCUT2D eigenvalue weighted by Crippen LogP contribution is 2.07. The van der Waals surface area contributed by atoms with Crippen LogP contribution in [0.2, 0.25) is 0 Å². The highest BCUT2D eigenvalue weighted by Gasteiger charge is 2.07. The number of nitrogens with zero attached hydrogens (tertiary/aromatic N) is 1. The molecule has 0 radical (unpaired) electrons. The normalized spacial score (nSPS) is 11.1. The zero-order chi connectivity index (χ0) is 22.3. The van der Waals surface area contributed by atoms with Gasteiger partial charge in [-0.2, -0.15) is 0 Å². The summed E-state index contributed by atoms with van der Waals surface area (Å²) < 4.78 is 10.4. The van der Waals surface area contributed by atoms with Gasteiger partial charge in [0, 0.05) is 19.4 Å². The summed E-state index contributed by atoms with van der Waals surface area (Å²) in [7, 11) is 0. The number of unbranched alkanes of at least 4 members (excludes halogenated alkanes) is 8. The third kappa shape index (κ3) is 20.1. The average molecular weight is 430 g/mol. The Labute approximate surface area is 184 Å². The smallest absolute Gasteiger partial charge is 0.305 e. The van der Waals surface area contributed by atoms with E-state index in [2.05, 4.69) is 18.7 Å². The van der Waals surface area contributed by atoms with Crippen molar-refractivity contribution in [2.45, 2.75) is 104 Å². The number of aliphatic hydroxyl groups excluding tert-OH is 1. The summed E-state index contributed by atoms with van der Waals surface area (Å²) in [6, 6.07) is 0. The third-order valence-corrected chi connectivity index (χ3v) is 5.15. The van der Waals surface area contributed by atoms with Gasteiger partial charge < -0.3 is 19.5 Å². The number of rotatable bonds is 22. The monoisotopic (exact) mass is 429 g/mol. The summed E-state index contributed by atoms with van der Waals surface area (Å²) in [6.45, 7) is 8.08. The molecule has 30 heavy (non-hydrogen) atoms. The minimum Gasteiger partial charge on any atom is -0.466 e. The van der Waals surface area contributed by atoms with Crippen molar-refractivity contribution in [1.29, 1.82) is 0 Å². The molecule has 0 aromatic heterocycles. The Morgan fingerprint density at radius 1 is 0.633 bits per heavy atom. The lowest BCUT2D eigenvalue weighted by Crippen LogP contribution is -2.29. The van der Waals surface area contributed by atoms with Crippen LogP contribution in [0.3, 0.4) is 0 Å². The molecule has 0 saturated carbocycles. The van der Waals surface area contributed by atoms with Crippen molar-refractivity contribution in [3.8, 4) is 0 Å². The van der Waals surface area contributed by atoms with Crippen LogP contribution < -0.4 is 0 Å². The fraction of sp³-hybridized carbons (Fsp3) is 0.917. The largest absolute Gasteiger partial charge is 0.466 e. The van der Waals surface area contributed by atoms with Crippen molar-refractivity contribution in [3.05, 3.63) is 0 Å². The van der Waals surface area contributed by atoms with Gasteiger partial charge in [0.15, 0.2) is 0 Å². The minimum absolute atomic E-state index is 0.0813. The number of ether oxygens (including phenoxy) is 2. The standard InChI is InChI=1S/C24H47NO5/c1-3-5-13-21-29-23(27)15-9-7-11-17-25(19-20-26)18-12-8-10-16-24(28)30-22-14-6-4-2/h26H,3-22H2,1-2H3. The van der Waals surface area contributed by atoms with Gasteiger partial charge in [-0.1, -0.05) is 52.4 Å². The van der Waals surface area contributed by atoms with Gasteiger partial charge in [-0.3, -0.25) is 9.59 Å². The molecule has 0 atom stereocenters. The Morgan fingerprint density at radius 2 is 1.10 bits per heavy atom. The number of hydrogen-bond acceptors (Lipinski definition) is 6. The Hall–Kier alpha value is -1.14. The van der Waals surface area contributed by atoms with Crippen LogP contribution in [0.5, 0.6) is 0 Å². The molecular weight excluding hydrogens is 382 g/mol. The van der Waals surface area contributed by atoms with E-state index in [4.69, 9.17) is 9.47 Å². The summed E-state index contributed by atoms with van der Waals surface area (Å²) in [5.74, 6) is -0.163. The quantitative estimate of drug-likeness (QED) is 0.195. The van der Waals surface area contributed by atoms with E-state index in [1.54, 1.807) is 0 Å². The molecule has 6 nitrogen and oxygen atoms in total. The van der Waals surface area contributed by atoms with E-state index < -0.39 is 0 Å². The molecule has 0 aliphatic rings. The first-order valence-electron chi connectivity index (χ1n) is 12.3. The minimum atomic E-state index is -0.0813. The maximum atomic E-state index is 11.6. The summed E-state index contributed by atoms with van der Waals surface area (Å²) >= 11 is 0. The molecule has 0 rings (SSSR count). The molecule has 1 N–H and O–H groups in total. The SMILES string of the molecule is CCCCCOC(=O)CCCCCN(CCO)CCCCCC(=O)OCCCCC. The van der Waals surface area contributed by atoms with Gasteiger partial charge in [0.25, 0.3) is 0 Å². The van der Waals surface area contributed by atoms with Crippen LogP contribution in [-0.2, 0) is 19.1 Å². The zero-order valence-electron chi connectivity index (χ0n) is 19.7. The van der Waals surface area contributed by atoms with E-state index in [-0.39, 0.29) is 18.5 Å². The molecule has 0 aliphatic carbocycles. The lowest BCUT2D eigenvalue weighted by atomic mass is 10.1. The molecule has 0 saturated heterocycles. The number of carbonyl (C=O) groups is 2. The van der Waals surface area contributed by atoms with Gasteiger partial charge in [0.2, 0.25) is 0 Å². The molecule has 0 heterocycles. The Kier molecular flexibility index (Phi) is 21.7. The van der Waals surface area contributed by atoms with Gasteiger partial charge in [-0.25, -0.2) is 0 Å². The third-order valence-electron chi connectivity index (χ3n) is 5.15. The van der Waals surface area contributed by atoms with E-state index >= 15 is 0 Å². The molecule has 6 heteroatoms. The second-order valence-electron chi connectivity index (χ2n) is 8.04. The van der Waals surface area contributed by atoms with E-state index in [1.165, 1.54) is 0 Å². The Bertz CT molecular complexity index is 369. The van der Waals surface area contributed by atoms with Crippen LogP contribution in [0.4, 0.5) is 0 Å². The van der Waals surface area contributed by atoms with Crippen molar-refractivity contribution in [3.63, 3.8) is 0 Å². The van der Waals surface area contributed by atoms with Crippen molar-refractivity contribution >= 4 is 11.9 Å². The molecule has 0 bridgehead atoms. The Morgan fingerprint density at radius 3 is 1.50 bits per heavy atom. The fourth-order valence-electron chi connectivity index (χ4n) is 3.26. The summed E-state index contributed by atoms with van der Waals surface area (Å²) in [5.41, 5.74) is 0. The zero-order valence-corrected chi connectivity index (χ0v) is 19.7. The highest BCUT2D eigenvalue weighted by atomic mass is 16.5. The summed E-state index contributed by atoms with van der Waals surface area (Å²) in [4.78, 5) is 25.6. The van der Waals surface area contributed by atoms with Crippen LogP contribution in [0.15, 0.2) is 0 Å². The Balaban J connectivity index is 3.66. The van der Waals surface area contributed by atoms with E-state index in [0.29, 0.717) is 32.6 Å². The van der Waals surface area contributed by atoms with E-state index in [1.807, 2.05) is 0 Å². The predicted molar refractivity (Wildman–Crippen MR) is 121 cm³/mol. The van der Waals surface area contributed by atoms with E-state index in [0.717, 1.165) is 90.1 Å². The molecule has 0 aromatic rings. The highest BCUT2D eigenvalue weighted by molar-refractivity contribution is 5.69. The fourth-order valence-corrected chi connectivity index (χ4v) is 3.26. The number of hydrogen-bond donors (Lipinski definition) is 1. The first kappa shape index (κ1) is 28.9. The first-order chi connectivity index (χ1) is 14.6. The van der Waals surface area contributed by atoms with Crippen molar-refractivity contribution < 1.29 is 24.2 Å². The van der Waals surface area contributed by atoms with Gasteiger partial charge in [-0.05, 0) is 51.6 Å². The molecule has 0 aromatic carbocycles. The van der Waals surface area contributed by atoms with Crippen molar-refractivity contribution in [2.75, 3.05) is 39.5 Å². The van der Waals surface area contributed by atoms with Crippen molar-refractivity contribution in [2.24, 2.45) is 0 Å². The number of aliphatic hydroxyl groups is 1. The molecule has 0 aliphatic heterocycles. The van der Waals surface area contributed by atoms with Crippen molar-refractivity contribution in [1.82, 2.24) is 4.90 Å². The van der Waals surface area contributed by atoms with Gasteiger partial charge in [0.1, 0.15) is 0 Å². The maximum Gasteiger partial charge on any atom is 0.305 e. The van der Waals surface area contributed by atoms with Crippen LogP contribution in [0.1, 0.15) is 104 Å². The van der Waals surface area contributed by atoms with Crippen LogP contribution >= 0.6 is 0 Å². The van der Waals surface area contributed by atoms with Crippen LogP contribution in [-0.4, -0.2) is 61.4 Å². The second kappa shape index (κ2) is 22.5. The van der Waals surface area contributed by atoms with Gasteiger partial charge in [-0.15, -0.1) is 0 Å². The molecule has 0 unspecified atom stereocenters. The van der Waals surface area contributed by atoms with E-state index in [9.17, 15) is 14.7 Å². The molecule has 0 fully saturated rings. The number of carbonyl (C=O) groups excluding carboxylic acids is 2. The molecule has 0 amide bonds. The summed E-state index contributed by atoms with van der Waals surface area (Å²) in [6.07, 6.45) is 13.2. The lowest BCUT2D eigenvalue weighted by molar-refractivity contribution is -0.144. The first-order valence-corrected chi connectivity index (χ1v) is 12.3. The van der Waals surface area contributed by atoms with Crippen LogP contribution in [0.25, 0.3) is 0 Å². The molecule has 0 spiro atoms.